The minimum absolute atomic E-state index is 0.621. The molecule has 0 spiro atoms. The standard InChI is InChI=1S/C12H15N5/c1-17-7-6-10(16-17)12-14-9-5-3-2-4-8(9)11(13)15-12/h6-7H,2-5H2,1H3,(H2,13,14,15). The predicted molar refractivity (Wildman–Crippen MR) is 65.3 cm³/mol. The Labute approximate surface area is 99.7 Å². The molecule has 2 aromatic heterocycles. The Morgan fingerprint density at radius 2 is 2.06 bits per heavy atom. The average molecular weight is 229 g/mol. The summed E-state index contributed by atoms with van der Waals surface area (Å²) in [5.41, 5.74) is 9.02. The summed E-state index contributed by atoms with van der Waals surface area (Å²) < 4.78 is 1.74. The van der Waals surface area contributed by atoms with E-state index in [-0.39, 0.29) is 0 Å². The molecular weight excluding hydrogens is 214 g/mol. The summed E-state index contributed by atoms with van der Waals surface area (Å²) in [4.78, 5) is 8.95. The molecular formula is C12H15N5. The minimum atomic E-state index is 0.621. The van der Waals surface area contributed by atoms with Gasteiger partial charge in [-0.05, 0) is 31.7 Å². The molecule has 0 saturated carbocycles. The van der Waals surface area contributed by atoms with Crippen LogP contribution in [0.25, 0.3) is 11.5 Å². The summed E-state index contributed by atoms with van der Waals surface area (Å²) in [7, 11) is 1.88. The van der Waals surface area contributed by atoms with Crippen molar-refractivity contribution in [1.29, 1.82) is 0 Å². The van der Waals surface area contributed by atoms with Crippen molar-refractivity contribution in [1.82, 2.24) is 19.7 Å². The lowest BCUT2D eigenvalue weighted by molar-refractivity contribution is 0.665. The van der Waals surface area contributed by atoms with Crippen molar-refractivity contribution in [3.8, 4) is 11.5 Å². The summed E-state index contributed by atoms with van der Waals surface area (Å²) in [5, 5.41) is 4.31. The van der Waals surface area contributed by atoms with E-state index in [9.17, 15) is 0 Å². The molecule has 0 fully saturated rings. The molecule has 2 N–H and O–H groups in total. The van der Waals surface area contributed by atoms with E-state index in [1.807, 2.05) is 19.3 Å². The molecule has 0 saturated heterocycles. The zero-order valence-electron chi connectivity index (χ0n) is 9.85. The summed E-state index contributed by atoms with van der Waals surface area (Å²) in [6, 6.07) is 1.91. The Balaban J connectivity index is 2.10. The number of nitrogen functional groups attached to an aromatic ring is 1. The van der Waals surface area contributed by atoms with Gasteiger partial charge in [0.15, 0.2) is 5.82 Å². The van der Waals surface area contributed by atoms with Gasteiger partial charge in [0, 0.05) is 24.5 Å². The third kappa shape index (κ3) is 1.77. The number of nitrogens with zero attached hydrogens (tertiary/aromatic N) is 4. The number of aromatic nitrogens is 4. The van der Waals surface area contributed by atoms with Gasteiger partial charge in [0.05, 0.1) is 0 Å². The first-order chi connectivity index (χ1) is 8.24. The van der Waals surface area contributed by atoms with Crippen molar-refractivity contribution in [3.63, 3.8) is 0 Å². The Hall–Kier alpha value is -1.91. The molecule has 5 nitrogen and oxygen atoms in total. The first kappa shape index (κ1) is 10.3. The monoisotopic (exact) mass is 229 g/mol. The SMILES string of the molecule is Cn1ccc(-c2nc(N)c3c(n2)CCCC3)n1. The molecule has 2 aromatic rings. The fourth-order valence-electron chi connectivity index (χ4n) is 2.27. The second-order valence-electron chi connectivity index (χ2n) is 4.44. The number of rotatable bonds is 1. The smallest absolute Gasteiger partial charge is 0.182 e. The fraction of sp³-hybridized carbons (Fsp3) is 0.417. The van der Waals surface area contributed by atoms with Gasteiger partial charge < -0.3 is 5.73 Å². The Kier molecular flexibility index (Phi) is 2.31. The maximum atomic E-state index is 6.00. The highest BCUT2D eigenvalue weighted by atomic mass is 15.3. The molecule has 0 bridgehead atoms. The molecule has 1 aliphatic rings. The van der Waals surface area contributed by atoms with E-state index in [1.165, 1.54) is 12.8 Å². The lowest BCUT2D eigenvalue weighted by atomic mass is 9.96. The largest absolute Gasteiger partial charge is 0.383 e. The van der Waals surface area contributed by atoms with Gasteiger partial charge in [-0.2, -0.15) is 5.10 Å². The average Bonchev–Trinajstić information content (AvgIpc) is 2.76. The Morgan fingerprint density at radius 1 is 1.24 bits per heavy atom. The molecule has 0 aliphatic heterocycles. The number of aryl methyl sites for hydroxylation is 2. The third-order valence-electron chi connectivity index (χ3n) is 3.16. The van der Waals surface area contributed by atoms with Crippen LogP contribution in [0.15, 0.2) is 12.3 Å². The van der Waals surface area contributed by atoms with Crippen LogP contribution in [-0.4, -0.2) is 19.7 Å². The molecule has 5 heteroatoms. The van der Waals surface area contributed by atoms with Crippen molar-refractivity contribution in [3.05, 3.63) is 23.5 Å². The van der Waals surface area contributed by atoms with E-state index in [4.69, 9.17) is 5.73 Å². The quantitative estimate of drug-likeness (QED) is 0.801. The summed E-state index contributed by atoms with van der Waals surface area (Å²) in [5.74, 6) is 1.26. The molecule has 0 aromatic carbocycles. The second kappa shape index (κ2) is 3.84. The lowest BCUT2D eigenvalue weighted by Gasteiger charge is -2.16. The normalized spacial score (nSPS) is 14.6. The van der Waals surface area contributed by atoms with Gasteiger partial charge in [-0.25, -0.2) is 9.97 Å². The molecule has 88 valence electrons. The summed E-state index contributed by atoms with van der Waals surface area (Å²) in [6.45, 7) is 0. The molecule has 0 radical (unpaired) electrons. The third-order valence-corrected chi connectivity index (χ3v) is 3.16. The fourth-order valence-corrected chi connectivity index (χ4v) is 2.27. The van der Waals surface area contributed by atoms with Crippen molar-refractivity contribution in [2.24, 2.45) is 7.05 Å². The number of hydrogen-bond acceptors (Lipinski definition) is 4. The second-order valence-corrected chi connectivity index (χ2v) is 4.44. The summed E-state index contributed by atoms with van der Waals surface area (Å²) >= 11 is 0. The van der Waals surface area contributed by atoms with Crippen LogP contribution >= 0.6 is 0 Å². The van der Waals surface area contributed by atoms with Crippen LogP contribution in [0.3, 0.4) is 0 Å². The highest BCUT2D eigenvalue weighted by Gasteiger charge is 2.17. The molecule has 0 amide bonds. The van der Waals surface area contributed by atoms with E-state index in [1.54, 1.807) is 4.68 Å². The first-order valence-electron chi connectivity index (χ1n) is 5.89. The van der Waals surface area contributed by atoms with E-state index in [2.05, 4.69) is 15.1 Å². The topological polar surface area (TPSA) is 69.6 Å². The van der Waals surface area contributed by atoms with Crippen LogP contribution in [0.4, 0.5) is 5.82 Å². The van der Waals surface area contributed by atoms with Gasteiger partial charge in [0.25, 0.3) is 0 Å². The lowest BCUT2D eigenvalue weighted by Crippen LogP contribution is -2.12. The van der Waals surface area contributed by atoms with E-state index >= 15 is 0 Å². The van der Waals surface area contributed by atoms with Crippen molar-refractivity contribution >= 4 is 5.82 Å². The predicted octanol–water partition coefficient (Wildman–Crippen LogP) is 1.34. The molecule has 0 unspecified atom stereocenters. The van der Waals surface area contributed by atoms with Crippen LogP contribution in [0.1, 0.15) is 24.1 Å². The highest BCUT2D eigenvalue weighted by Crippen LogP contribution is 2.25. The highest BCUT2D eigenvalue weighted by molar-refractivity contribution is 5.55. The van der Waals surface area contributed by atoms with Gasteiger partial charge in [0.2, 0.25) is 0 Å². The van der Waals surface area contributed by atoms with Crippen LogP contribution in [0.2, 0.25) is 0 Å². The Bertz CT molecular complexity index is 558. The van der Waals surface area contributed by atoms with Crippen LogP contribution < -0.4 is 5.73 Å². The van der Waals surface area contributed by atoms with Gasteiger partial charge in [-0.15, -0.1) is 0 Å². The van der Waals surface area contributed by atoms with E-state index in [0.717, 1.165) is 29.8 Å². The molecule has 1 aliphatic carbocycles. The zero-order chi connectivity index (χ0) is 11.8. The summed E-state index contributed by atoms with van der Waals surface area (Å²) in [6.07, 6.45) is 6.26. The van der Waals surface area contributed by atoms with Crippen LogP contribution in [-0.2, 0) is 19.9 Å². The number of nitrogens with two attached hydrogens (primary N) is 1. The van der Waals surface area contributed by atoms with E-state index < -0.39 is 0 Å². The van der Waals surface area contributed by atoms with Gasteiger partial charge in [0.1, 0.15) is 11.5 Å². The maximum Gasteiger partial charge on any atom is 0.182 e. The first-order valence-corrected chi connectivity index (χ1v) is 5.89. The molecule has 17 heavy (non-hydrogen) atoms. The van der Waals surface area contributed by atoms with E-state index in [0.29, 0.717) is 11.6 Å². The van der Waals surface area contributed by atoms with Gasteiger partial charge >= 0.3 is 0 Å². The number of fused-ring (bicyclic) bond motifs is 1. The molecule has 0 atom stereocenters. The minimum Gasteiger partial charge on any atom is -0.383 e. The molecule has 3 rings (SSSR count). The number of anilines is 1. The van der Waals surface area contributed by atoms with Crippen molar-refractivity contribution in [2.75, 3.05) is 5.73 Å². The molecule has 2 heterocycles. The number of hydrogen-bond donors (Lipinski definition) is 1. The van der Waals surface area contributed by atoms with Crippen LogP contribution in [0.5, 0.6) is 0 Å². The van der Waals surface area contributed by atoms with Gasteiger partial charge in [-0.1, -0.05) is 0 Å². The van der Waals surface area contributed by atoms with Crippen molar-refractivity contribution in [2.45, 2.75) is 25.7 Å². The van der Waals surface area contributed by atoms with Gasteiger partial charge in [-0.3, -0.25) is 4.68 Å². The Morgan fingerprint density at radius 3 is 2.82 bits per heavy atom. The van der Waals surface area contributed by atoms with Crippen molar-refractivity contribution < 1.29 is 0 Å². The van der Waals surface area contributed by atoms with Crippen LogP contribution in [0, 0.1) is 0 Å². The zero-order valence-corrected chi connectivity index (χ0v) is 9.85. The maximum absolute atomic E-state index is 6.00.